The molecule has 0 atom stereocenters. The molecule has 0 saturated carbocycles. The summed E-state index contributed by atoms with van der Waals surface area (Å²) in [5.74, 6) is 0.872. The van der Waals surface area contributed by atoms with Crippen LogP contribution in [-0.4, -0.2) is 53.4 Å². The summed E-state index contributed by atoms with van der Waals surface area (Å²) in [7, 11) is 0. The third kappa shape index (κ3) is 7.14. The van der Waals surface area contributed by atoms with Crippen molar-refractivity contribution < 1.29 is 0 Å². The van der Waals surface area contributed by atoms with E-state index in [4.69, 9.17) is 4.99 Å². The Hall–Kier alpha value is -1.61. The van der Waals surface area contributed by atoms with Crippen LogP contribution in [0.5, 0.6) is 0 Å². The zero-order valence-corrected chi connectivity index (χ0v) is 18.4. The molecule has 2 aromatic rings. The Labute approximate surface area is 179 Å². The van der Waals surface area contributed by atoms with Gasteiger partial charge in [0.05, 0.1) is 18.4 Å². The molecule has 1 saturated heterocycles. The van der Waals surface area contributed by atoms with Crippen LogP contribution in [0.2, 0.25) is 0 Å². The Morgan fingerprint density at radius 3 is 2.63 bits per heavy atom. The number of aromatic nitrogens is 2. The average molecular weight is 482 g/mol. The van der Waals surface area contributed by atoms with E-state index in [2.05, 4.69) is 27.6 Å². The minimum atomic E-state index is 0. The maximum atomic E-state index is 4.70. The molecule has 1 aliphatic heterocycles. The zero-order chi connectivity index (χ0) is 18.0. The molecule has 1 aromatic heterocycles. The molecule has 0 aliphatic carbocycles. The minimum absolute atomic E-state index is 0. The number of hydrogen-bond donors (Lipinski definition) is 2. The van der Waals surface area contributed by atoms with Crippen molar-refractivity contribution in [2.45, 2.75) is 32.7 Å². The van der Waals surface area contributed by atoms with E-state index in [1.165, 1.54) is 32.4 Å². The predicted octanol–water partition coefficient (Wildman–Crippen LogP) is 3.03. The molecule has 2 heterocycles. The second kappa shape index (κ2) is 12.0. The summed E-state index contributed by atoms with van der Waals surface area (Å²) in [6.45, 7) is 8.04. The largest absolute Gasteiger partial charge is 0.357 e. The van der Waals surface area contributed by atoms with Gasteiger partial charge in [-0.3, -0.25) is 0 Å². The van der Waals surface area contributed by atoms with Crippen molar-refractivity contribution in [2.24, 2.45) is 4.99 Å². The van der Waals surface area contributed by atoms with Crippen LogP contribution in [-0.2, 0) is 6.54 Å². The zero-order valence-electron chi connectivity index (χ0n) is 16.1. The van der Waals surface area contributed by atoms with Crippen molar-refractivity contribution in [3.63, 3.8) is 0 Å². The highest BCUT2D eigenvalue weighted by molar-refractivity contribution is 14.0. The van der Waals surface area contributed by atoms with Crippen LogP contribution in [0.4, 0.5) is 0 Å². The molecule has 7 heteroatoms. The number of nitrogens with zero attached hydrogens (tertiary/aromatic N) is 4. The third-order valence-corrected chi connectivity index (χ3v) is 4.59. The van der Waals surface area contributed by atoms with E-state index in [0.717, 1.165) is 36.8 Å². The molecule has 0 radical (unpaired) electrons. The van der Waals surface area contributed by atoms with Crippen molar-refractivity contribution in [3.8, 4) is 5.69 Å². The first-order valence-corrected chi connectivity index (χ1v) is 9.68. The van der Waals surface area contributed by atoms with Gasteiger partial charge in [-0.25, -0.2) is 9.67 Å². The molecule has 0 amide bonds. The minimum Gasteiger partial charge on any atom is -0.357 e. The first kappa shape index (κ1) is 21.7. The molecule has 1 aromatic carbocycles. The Kier molecular flexibility index (Phi) is 9.61. The van der Waals surface area contributed by atoms with Gasteiger partial charge in [-0.05, 0) is 45.0 Å². The number of likely N-dealkylation sites (tertiary alicyclic amines) is 1. The number of aliphatic imine (C=N–C) groups is 1. The number of halogens is 1. The third-order valence-electron chi connectivity index (χ3n) is 4.59. The van der Waals surface area contributed by atoms with Gasteiger partial charge in [-0.1, -0.05) is 24.6 Å². The topological polar surface area (TPSA) is 57.5 Å². The highest BCUT2D eigenvalue weighted by Crippen LogP contribution is 2.09. The van der Waals surface area contributed by atoms with Gasteiger partial charge in [0.25, 0.3) is 0 Å². The molecular weight excluding hydrogens is 451 g/mol. The van der Waals surface area contributed by atoms with Crippen LogP contribution in [0.3, 0.4) is 0 Å². The van der Waals surface area contributed by atoms with E-state index in [9.17, 15) is 0 Å². The lowest BCUT2D eigenvalue weighted by atomic mass is 10.1. The van der Waals surface area contributed by atoms with Crippen molar-refractivity contribution in [2.75, 3.05) is 32.7 Å². The van der Waals surface area contributed by atoms with Gasteiger partial charge in [-0.15, -0.1) is 24.0 Å². The SMILES string of the molecule is CCNC(=NCc1cnn(-c2ccccc2)c1)NCCN1CCCCC1.I. The second-order valence-corrected chi connectivity index (χ2v) is 6.65. The number of nitrogens with one attached hydrogen (secondary N) is 2. The normalized spacial score (nSPS) is 15.2. The molecular formula is C20H31IN6. The molecule has 1 fully saturated rings. The Balaban J connectivity index is 0.00000261. The number of benzene rings is 1. The molecule has 0 bridgehead atoms. The summed E-state index contributed by atoms with van der Waals surface area (Å²) in [5.41, 5.74) is 2.16. The van der Waals surface area contributed by atoms with E-state index in [1.807, 2.05) is 47.4 Å². The van der Waals surface area contributed by atoms with Gasteiger partial charge >= 0.3 is 0 Å². The standard InChI is InChI=1S/C20H30N6.HI/c1-2-21-20(22-11-14-25-12-7-4-8-13-25)23-15-18-16-24-26(17-18)19-9-5-3-6-10-19;/h3,5-6,9-10,16-17H,2,4,7-8,11-15H2,1H3,(H2,21,22,23);1H. The maximum Gasteiger partial charge on any atom is 0.191 e. The molecule has 3 rings (SSSR count). The second-order valence-electron chi connectivity index (χ2n) is 6.65. The van der Waals surface area contributed by atoms with Crippen LogP contribution in [0.1, 0.15) is 31.7 Å². The van der Waals surface area contributed by atoms with Crippen molar-refractivity contribution >= 4 is 29.9 Å². The lowest BCUT2D eigenvalue weighted by Gasteiger charge is -2.26. The Morgan fingerprint density at radius 2 is 1.89 bits per heavy atom. The predicted molar refractivity (Wildman–Crippen MR) is 122 cm³/mol. The first-order chi connectivity index (χ1) is 12.8. The maximum absolute atomic E-state index is 4.70. The van der Waals surface area contributed by atoms with Crippen molar-refractivity contribution in [3.05, 3.63) is 48.3 Å². The van der Waals surface area contributed by atoms with E-state index in [-0.39, 0.29) is 24.0 Å². The molecule has 27 heavy (non-hydrogen) atoms. The summed E-state index contributed by atoms with van der Waals surface area (Å²) < 4.78 is 1.89. The Morgan fingerprint density at radius 1 is 1.11 bits per heavy atom. The fraction of sp³-hybridized carbons (Fsp3) is 0.500. The lowest BCUT2D eigenvalue weighted by molar-refractivity contribution is 0.232. The van der Waals surface area contributed by atoms with Gasteiger partial charge in [-0.2, -0.15) is 5.10 Å². The number of para-hydroxylation sites is 1. The van der Waals surface area contributed by atoms with Gasteiger partial charge in [0, 0.05) is 31.4 Å². The van der Waals surface area contributed by atoms with E-state index in [0.29, 0.717) is 6.54 Å². The Bertz CT molecular complexity index is 679. The van der Waals surface area contributed by atoms with Crippen molar-refractivity contribution in [1.29, 1.82) is 0 Å². The van der Waals surface area contributed by atoms with Gasteiger partial charge in [0.1, 0.15) is 0 Å². The van der Waals surface area contributed by atoms with Crippen LogP contribution < -0.4 is 10.6 Å². The van der Waals surface area contributed by atoms with E-state index < -0.39 is 0 Å². The highest BCUT2D eigenvalue weighted by atomic mass is 127. The summed E-state index contributed by atoms with van der Waals surface area (Å²) >= 11 is 0. The number of guanidine groups is 1. The molecule has 6 nitrogen and oxygen atoms in total. The van der Waals surface area contributed by atoms with Crippen LogP contribution in [0.25, 0.3) is 5.69 Å². The number of hydrogen-bond acceptors (Lipinski definition) is 3. The molecule has 148 valence electrons. The van der Waals surface area contributed by atoms with Gasteiger partial charge < -0.3 is 15.5 Å². The molecule has 0 unspecified atom stereocenters. The molecule has 0 spiro atoms. The van der Waals surface area contributed by atoms with E-state index >= 15 is 0 Å². The first-order valence-electron chi connectivity index (χ1n) is 9.68. The van der Waals surface area contributed by atoms with Crippen LogP contribution >= 0.6 is 24.0 Å². The molecule has 2 N–H and O–H groups in total. The number of rotatable bonds is 7. The summed E-state index contributed by atoms with van der Waals surface area (Å²) in [4.78, 5) is 7.23. The smallest absolute Gasteiger partial charge is 0.191 e. The number of piperidine rings is 1. The van der Waals surface area contributed by atoms with Crippen LogP contribution in [0, 0.1) is 0 Å². The summed E-state index contributed by atoms with van der Waals surface area (Å²) in [6.07, 6.45) is 7.97. The van der Waals surface area contributed by atoms with Gasteiger partial charge in [0.15, 0.2) is 5.96 Å². The quantitative estimate of drug-likeness (QED) is 0.362. The fourth-order valence-corrected chi connectivity index (χ4v) is 3.19. The molecule has 1 aliphatic rings. The summed E-state index contributed by atoms with van der Waals surface area (Å²) in [6, 6.07) is 10.1. The van der Waals surface area contributed by atoms with Crippen molar-refractivity contribution in [1.82, 2.24) is 25.3 Å². The van der Waals surface area contributed by atoms with Gasteiger partial charge in [0.2, 0.25) is 0 Å². The van der Waals surface area contributed by atoms with E-state index in [1.54, 1.807) is 0 Å². The highest BCUT2D eigenvalue weighted by Gasteiger charge is 2.09. The monoisotopic (exact) mass is 482 g/mol. The summed E-state index contributed by atoms with van der Waals surface area (Å²) in [5, 5.41) is 11.2. The average Bonchev–Trinajstić information content (AvgIpc) is 3.17. The fourth-order valence-electron chi connectivity index (χ4n) is 3.19. The van der Waals surface area contributed by atoms with Crippen LogP contribution in [0.15, 0.2) is 47.7 Å². The lowest BCUT2D eigenvalue weighted by Crippen LogP contribution is -2.42.